The molecule has 0 spiro atoms. The molecule has 17 heteroatoms. The lowest BCUT2D eigenvalue weighted by Gasteiger charge is -2.20. The maximum Gasteiger partial charge on any atom is 0.409 e. The van der Waals surface area contributed by atoms with E-state index in [9.17, 15) is 28.8 Å². The number of nitrogens with two attached hydrogens (primary N) is 1. The lowest BCUT2D eigenvalue weighted by atomic mass is 10.1. The molecule has 0 aliphatic rings. The Morgan fingerprint density at radius 2 is 1.67 bits per heavy atom. The SMILES string of the molecule is COc1cc(NC(=O)O)ccc1NC(=O)C(CCCNC(N)=O)NC(=O)CNC(=O)CCCCCOC(=O)C(CBr)CBr. The number of primary amides is 1. The van der Waals surface area contributed by atoms with Gasteiger partial charge in [0.1, 0.15) is 11.8 Å². The molecule has 6 amide bonds. The number of ether oxygens (including phenoxy) is 2. The highest BCUT2D eigenvalue weighted by molar-refractivity contribution is 9.09. The Kier molecular flexibility index (Phi) is 18.4. The molecule has 8 N–H and O–H groups in total. The van der Waals surface area contributed by atoms with E-state index in [0.717, 1.165) is 0 Å². The summed E-state index contributed by atoms with van der Waals surface area (Å²) in [7, 11) is 1.34. The summed E-state index contributed by atoms with van der Waals surface area (Å²) in [5.41, 5.74) is 5.52. The number of nitrogens with one attached hydrogen (secondary N) is 5. The Morgan fingerprint density at radius 1 is 0.953 bits per heavy atom. The average molecular weight is 738 g/mol. The molecule has 0 radical (unpaired) electrons. The van der Waals surface area contributed by atoms with Gasteiger partial charge in [0, 0.05) is 35.4 Å². The number of anilines is 2. The van der Waals surface area contributed by atoms with Gasteiger partial charge < -0.3 is 41.6 Å². The summed E-state index contributed by atoms with van der Waals surface area (Å²) >= 11 is 6.51. The smallest absolute Gasteiger partial charge is 0.409 e. The monoisotopic (exact) mass is 736 g/mol. The van der Waals surface area contributed by atoms with Crippen molar-refractivity contribution in [2.24, 2.45) is 11.7 Å². The molecule has 0 aliphatic heterocycles. The fourth-order valence-electron chi connectivity index (χ4n) is 3.54. The second-order valence-electron chi connectivity index (χ2n) is 9.15. The van der Waals surface area contributed by atoms with Gasteiger partial charge in [-0.15, -0.1) is 0 Å². The summed E-state index contributed by atoms with van der Waals surface area (Å²) in [4.78, 5) is 71.5. The minimum atomic E-state index is -1.27. The van der Waals surface area contributed by atoms with Crippen LogP contribution in [0.25, 0.3) is 0 Å². The number of hydrogen-bond donors (Lipinski definition) is 7. The summed E-state index contributed by atoms with van der Waals surface area (Å²) in [6, 6.07) is 2.46. The first kappa shape index (κ1) is 37.4. The highest BCUT2D eigenvalue weighted by Gasteiger charge is 2.22. The van der Waals surface area contributed by atoms with Crippen LogP contribution >= 0.6 is 31.9 Å². The molecule has 1 rings (SSSR count). The molecular weight excluding hydrogens is 700 g/mol. The quantitative estimate of drug-likeness (QED) is 0.0591. The first-order chi connectivity index (χ1) is 20.5. The number of halogens is 2. The van der Waals surface area contributed by atoms with E-state index < -0.39 is 30.0 Å². The first-order valence-electron chi connectivity index (χ1n) is 13.4. The fraction of sp³-hybridized carbons (Fsp3) is 0.538. The van der Waals surface area contributed by atoms with Crippen molar-refractivity contribution in [3.63, 3.8) is 0 Å². The molecule has 0 fully saturated rings. The third kappa shape index (κ3) is 16.0. The second kappa shape index (κ2) is 21.1. The Morgan fingerprint density at radius 3 is 2.30 bits per heavy atom. The summed E-state index contributed by atoms with van der Waals surface area (Å²) < 4.78 is 10.4. The van der Waals surface area contributed by atoms with Gasteiger partial charge in [0.15, 0.2) is 0 Å². The minimum absolute atomic E-state index is 0.128. The number of carboxylic acid groups (broad SMARTS) is 1. The predicted molar refractivity (Wildman–Crippen MR) is 166 cm³/mol. The number of alkyl halides is 2. The molecular formula is C26H38Br2N6O9. The standard InChI is InChI=1S/C26H38Br2N6O9/c1-42-20-12-17(32-26(40)41)8-9-18(20)34-23(37)19(6-5-10-30-25(29)39)33-22(36)15-31-21(35)7-3-2-4-11-43-24(38)16(13-27)14-28/h8-9,12,16,19,32H,2-7,10-11,13-15H2,1H3,(H,31,35)(H,33,36)(H,34,37)(H,40,41)(H3,29,30,39). The van der Waals surface area contributed by atoms with Crippen LogP contribution in [-0.2, 0) is 23.9 Å². The van der Waals surface area contributed by atoms with E-state index >= 15 is 0 Å². The van der Waals surface area contributed by atoms with Crippen molar-refractivity contribution in [3.05, 3.63) is 18.2 Å². The minimum Gasteiger partial charge on any atom is -0.494 e. The normalized spacial score (nSPS) is 11.2. The highest BCUT2D eigenvalue weighted by atomic mass is 79.9. The fourth-order valence-corrected chi connectivity index (χ4v) is 5.14. The van der Waals surface area contributed by atoms with Crippen molar-refractivity contribution in [2.45, 2.75) is 44.6 Å². The molecule has 1 aromatic rings. The topological polar surface area (TPSA) is 227 Å². The van der Waals surface area contributed by atoms with Crippen LogP contribution in [0.1, 0.15) is 38.5 Å². The van der Waals surface area contributed by atoms with Crippen LogP contribution in [0, 0.1) is 5.92 Å². The van der Waals surface area contributed by atoms with Crippen LogP contribution < -0.4 is 37.1 Å². The molecule has 0 aromatic heterocycles. The van der Waals surface area contributed by atoms with Gasteiger partial charge in [-0.1, -0.05) is 31.9 Å². The average Bonchev–Trinajstić information content (AvgIpc) is 2.96. The van der Waals surface area contributed by atoms with Crippen LogP contribution in [0.4, 0.5) is 21.0 Å². The first-order valence-corrected chi connectivity index (χ1v) is 15.6. The molecule has 43 heavy (non-hydrogen) atoms. The van der Waals surface area contributed by atoms with Gasteiger partial charge in [-0.25, -0.2) is 9.59 Å². The Hall–Kier alpha value is -3.60. The summed E-state index contributed by atoms with van der Waals surface area (Å²) in [6.45, 7) is 0.0591. The molecule has 1 atom stereocenters. The molecule has 1 aromatic carbocycles. The van der Waals surface area contributed by atoms with Crippen LogP contribution in [0.15, 0.2) is 18.2 Å². The third-order valence-electron chi connectivity index (χ3n) is 5.78. The number of hydrogen-bond acceptors (Lipinski definition) is 8. The molecule has 0 saturated heterocycles. The summed E-state index contributed by atoms with van der Waals surface area (Å²) in [6.07, 6.45) is 1.11. The highest BCUT2D eigenvalue weighted by Crippen LogP contribution is 2.28. The lowest BCUT2D eigenvalue weighted by Crippen LogP contribution is -2.47. The van der Waals surface area contributed by atoms with E-state index in [4.69, 9.17) is 20.3 Å². The number of rotatable bonds is 20. The number of benzene rings is 1. The number of carbonyl (C=O) groups excluding carboxylic acids is 5. The molecule has 0 aliphatic carbocycles. The summed E-state index contributed by atoms with van der Waals surface area (Å²) in [5.74, 6) is -1.94. The number of esters is 1. The molecule has 1 unspecified atom stereocenters. The van der Waals surface area contributed by atoms with Crippen molar-refractivity contribution < 1.29 is 43.3 Å². The maximum atomic E-state index is 13.1. The van der Waals surface area contributed by atoms with Gasteiger partial charge in [0.05, 0.1) is 31.9 Å². The lowest BCUT2D eigenvalue weighted by molar-refractivity contribution is -0.147. The van der Waals surface area contributed by atoms with Gasteiger partial charge in [0.25, 0.3) is 0 Å². The maximum absolute atomic E-state index is 13.1. The van der Waals surface area contributed by atoms with Gasteiger partial charge in [-0.2, -0.15) is 0 Å². The number of unbranched alkanes of at least 4 members (excludes halogenated alkanes) is 2. The molecule has 15 nitrogen and oxygen atoms in total. The van der Waals surface area contributed by atoms with E-state index in [1.807, 2.05) is 0 Å². The zero-order valence-electron chi connectivity index (χ0n) is 23.7. The van der Waals surface area contributed by atoms with Crippen molar-refractivity contribution >= 4 is 79.0 Å². The van der Waals surface area contributed by atoms with E-state index in [0.29, 0.717) is 36.3 Å². The van der Waals surface area contributed by atoms with Crippen LogP contribution in [-0.4, -0.2) is 84.4 Å². The van der Waals surface area contributed by atoms with E-state index in [1.165, 1.54) is 25.3 Å². The van der Waals surface area contributed by atoms with Gasteiger partial charge >= 0.3 is 18.1 Å². The Bertz CT molecular complexity index is 1100. The number of methoxy groups -OCH3 is 1. The van der Waals surface area contributed by atoms with Crippen molar-refractivity contribution in [3.8, 4) is 5.75 Å². The van der Waals surface area contributed by atoms with Crippen molar-refractivity contribution in [1.29, 1.82) is 0 Å². The molecule has 0 heterocycles. The third-order valence-corrected chi connectivity index (χ3v) is 7.34. The molecule has 240 valence electrons. The van der Waals surface area contributed by atoms with E-state index in [-0.39, 0.29) is 67.5 Å². The largest absolute Gasteiger partial charge is 0.494 e. The van der Waals surface area contributed by atoms with Gasteiger partial charge in [0.2, 0.25) is 17.7 Å². The Labute approximate surface area is 266 Å². The van der Waals surface area contributed by atoms with Crippen molar-refractivity contribution in [2.75, 3.05) is 48.1 Å². The number of carbonyl (C=O) groups is 6. The predicted octanol–water partition coefficient (Wildman–Crippen LogP) is 2.28. The number of urea groups is 1. The second-order valence-corrected chi connectivity index (χ2v) is 10.4. The molecule has 0 bridgehead atoms. The summed E-state index contributed by atoms with van der Waals surface area (Å²) in [5, 5.41) is 22.2. The van der Waals surface area contributed by atoms with Gasteiger partial charge in [-0.05, 0) is 44.2 Å². The number of amides is 6. The van der Waals surface area contributed by atoms with Crippen LogP contribution in [0.3, 0.4) is 0 Å². The zero-order chi connectivity index (χ0) is 32.2. The van der Waals surface area contributed by atoms with Crippen LogP contribution in [0.5, 0.6) is 5.75 Å². The van der Waals surface area contributed by atoms with Crippen LogP contribution in [0.2, 0.25) is 0 Å². The zero-order valence-corrected chi connectivity index (χ0v) is 26.9. The van der Waals surface area contributed by atoms with Crippen molar-refractivity contribution in [1.82, 2.24) is 16.0 Å². The molecule has 0 saturated carbocycles. The van der Waals surface area contributed by atoms with E-state index in [2.05, 4.69) is 58.4 Å². The Balaban J connectivity index is 2.61. The van der Waals surface area contributed by atoms with E-state index in [1.54, 1.807) is 0 Å². The van der Waals surface area contributed by atoms with Gasteiger partial charge in [-0.3, -0.25) is 24.5 Å².